The van der Waals surface area contributed by atoms with Crippen LogP contribution in [0.5, 0.6) is 0 Å². The van der Waals surface area contributed by atoms with Gasteiger partial charge in [-0.05, 0) is 17.7 Å². The summed E-state index contributed by atoms with van der Waals surface area (Å²) in [6.45, 7) is 0. The predicted octanol–water partition coefficient (Wildman–Crippen LogP) is 5.16. The van der Waals surface area contributed by atoms with E-state index in [-0.39, 0.29) is 16.8 Å². The Balaban J connectivity index is 2.16. The van der Waals surface area contributed by atoms with Crippen LogP contribution in [0.1, 0.15) is 16.8 Å². The average molecular weight is 412 g/mol. The molecule has 0 amide bonds. The number of nitrogens with two attached hydrogens (primary N) is 1. The second kappa shape index (κ2) is 7.26. The molecule has 0 saturated heterocycles. The first-order chi connectivity index (χ1) is 13.5. The maximum atomic E-state index is 13.4. The van der Waals surface area contributed by atoms with Gasteiger partial charge in [-0.25, -0.2) is 4.99 Å². The molecule has 152 valence electrons. The van der Waals surface area contributed by atoms with E-state index in [0.717, 1.165) is 16.9 Å². The van der Waals surface area contributed by atoms with Crippen molar-refractivity contribution in [2.45, 2.75) is 12.4 Å². The van der Waals surface area contributed by atoms with Crippen molar-refractivity contribution in [3.63, 3.8) is 0 Å². The number of benzene rings is 2. The van der Waals surface area contributed by atoms with Gasteiger partial charge in [0.1, 0.15) is 5.84 Å². The van der Waals surface area contributed by atoms with Crippen molar-refractivity contribution < 1.29 is 26.3 Å². The molecule has 2 N–H and O–H groups in total. The maximum absolute atomic E-state index is 13.4. The molecular weight excluding hydrogens is 398 g/mol. The minimum absolute atomic E-state index is 0.00122. The zero-order valence-electron chi connectivity index (χ0n) is 14.9. The lowest BCUT2D eigenvalue weighted by atomic mass is 9.98. The SMILES string of the molecule is Cn1cc(C(N)=Nc2ccccc2-c2ccccc2C(F)(F)F)c(C(F)(F)F)n1. The highest BCUT2D eigenvalue weighted by Gasteiger charge is 2.38. The molecule has 29 heavy (non-hydrogen) atoms. The second-order valence-electron chi connectivity index (χ2n) is 6.12. The van der Waals surface area contributed by atoms with E-state index in [1.54, 1.807) is 0 Å². The third kappa shape index (κ3) is 4.25. The summed E-state index contributed by atoms with van der Waals surface area (Å²) in [5.41, 5.74) is 3.13. The van der Waals surface area contributed by atoms with Gasteiger partial charge in [0.2, 0.25) is 0 Å². The van der Waals surface area contributed by atoms with Gasteiger partial charge in [-0.15, -0.1) is 0 Å². The van der Waals surface area contributed by atoms with Crippen LogP contribution in [0.4, 0.5) is 32.0 Å². The Morgan fingerprint density at radius 2 is 1.48 bits per heavy atom. The summed E-state index contributed by atoms with van der Waals surface area (Å²) in [6.07, 6.45) is -8.33. The molecule has 0 aliphatic heterocycles. The number of nitrogens with zero attached hydrogens (tertiary/aromatic N) is 3. The first kappa shape index (κ1) is 20.4. The lowest BCUT2D eigenvalue weighted by molar-refractivity contribution is -0.141. The van der Waals surface area contributed by atoms with E-state index in [2.05, 4.69) is 10.1 Å². The van der Waals surface area contributed by atoms with Gasteiger partial charge in [0.15, 0.2) is 5.69 Å². The van der Waals surface area contributed by atoms with Crippen LogP contribution >= 0.6 is 0 Å². The van der Waals surface area contributed by atoms with Gasteiger partial charge in [0, 0.05) is 18.8 Å². The number of amidine groups is 1. The van der Waals surface area contributed by atoms with Crippen LogP contribution in [0.3, 0.4) is 0 Å². The third-order valence-electron chi connectivity index (χ3n) is 4.04. The topological polar surface area (TPSA) is 56.2 Å². The molecule has 0 aliphatic rings. The molecule has 10 heteroatoms. The highest BCUT2D eigenvalue weighted by atomic mass is 19.4. The third-order valence-corrected chi connectivity index (χ3v) is 4.04. The zero-order valence-corrected chi connectivity index (χ0v) is 14.9. The lowest BCUT2D eigenvalue weighted by Gasteiger charge is -2.14. The number of alkyl halides is 6. The molecule has 0 unspecified atom stereocenters. The number of halogens is 6. The first-order valence-corrected chi connectivity index (χ1v) is 8.19. The fourth-order valence-electron chi connectivity index (χ4n) is 2.84. The standard InChI is InChI=1S/C19H14F6N4/c1-29-10-13(16(28-29)19(23,24)25)17(26)27-15-9-5-3-7-12(15)11-6-2-4-8-14(11)18(20,21)22/h2-10H,1H3,(H2,26,27). The molecule has 0 spiro atoms. The van der Waals surface area contributed by atoms with E-state index in [1.165, 1.54) is 49.5 Å². The van der Waals surface area contributed by atoms with Gasteiger partial charge >= 0.3 is 12.4 Å². The molecule has 3 rings (SSSR count). The number of aliphatic imine (C=N–C) groups is 1. The van der Waals surface area contributed by atoms with Crippen molar-refractivity contribution in [1.82, 2.24) is 9.78 Å². The number of hydrogen-bond acceptors (Lipinski definition) is 2. The van der Waals surface area contributed by atoms with E-state index in [1.807, 2.05) is 0 Å². The second-order valence-corrected chi connectivity index (χ2v) is 6.12. The Kier molecular flexibility index (Phi) is 5.12. The van der Waals surface area contributed by atoms with Crippen LogP contribution in [0.15, 0.2) is 59.7 Å². The summed E-state index contributed by atoms with van der Waals surface area (Å²) in [5, 5.41) is 3.35. The number of para-hydroxylation sites is 1. The van der Waals surface area contributed by atoms with Crippen molar-refractivity contribution in [3.8, 4) is 11.1 Å². The smallest absolute Gasteiger partial charge is 0.383 e. The Bertz CT molecular complexity index is 1060. The molecule has 0 saturated carbocycles. The first-order valence-electron chi connectivity index (χ1n) is 8.19. The quantitative estimate of drug-likeness (QED) is 0.367. The van der Waals surface area contributed by atoms with Crippen LogP contribution in [-0.2, 0) is 19.4 Å². The monoisotopic (exact) mass is 412 g/mol. The Hall–Kier alpha value is -3.30. The summed E-state index contributed by atoms with van der Waals surface area (Å²) < 4.78 is 80.6. The summed E-state index contributed by atoms with van der Waals surface area (Å²) in [7, 11) is 1.29. The van der Waals surface area contributed by atoms with Crippen LogP contribution in [0.25, 0.3) is 11.1 Å². The normalized spacial score (nSPS) is 13.0. The molecule has 0 fully saturated rings. The maximum Gasteiger partial charge on any atom is 0.435 e. The molecular formula is C19H14F6N4. The van der Waals surface area contributed by atoms with Crippen molar-refractivity contribution >= 4 is 11.5 Å². The molecule has 4 nitrogen and oxygen atoms in total. The molecule has 1 aromatic heterocycles. The van der Waals surface area contributed by atoms with E-state index in [9.17, 15) is 26.3 Å². The molecule has 3 aromatic rings. The predicted molar refractivity (Wildman–Crippen MR) is 95.5 cm³/mol. The highest BCUT2D eigenvalue weighted by Crippen LogP contribution is 2.40. The van der Waals surface area contributed by atoms with Gasteiger partial charge < -0.3 is 5.73 Å². The molecule has 0 bridgehead atoms. The number of aryl methyl sites for hydroxylation is 1. The van der Waals surface area contributed by atoms with Crippen LogP contribution in [0, 0.1) is 0 Å². The Morgan fingerprint density at radius 3 is 2.10 bits per heavy atom. The van der Waals surface area contributed by atoms with E-state index < -0.39 is 35.0 Å². The van der Waals surface area contributed by atoms with Crippen LogP contribution in [0.2, 0.25) is 0 Å². The van der Waals surface area contributed by atoms with Gasteiger partial charge in [0.05, 0.1) is 16.8 Å². The van der Waals surface area contributed by atoms with Crippen LogP contribution in [-0.4, -0.2) is 15.6 Å². The fourth-order valence-corrected chi connectivity index (χ4v) is 2.84. The Morgan fingerprint density at radius 1 is 0.897 bits per heavy atom. The highest BCUT2D eigenvalue weighted by molar-refractivity contribution is 6.01. The van der Waals surface area contributed by atoms with E-state index in [0.29, 0.717) is 0 Å². The average Bonchev–Trinajstić information content (AvgIpc) is 3.04. The molecule has 0 atom stereocenters. The summed E-state index contributed by atoms with van der Waals surface area (Å²) in [6, 6.07) is 10.6. The minimum atomic E-state index is -4.76. The summed E-state index contributed by atoms with van der Waals surface area (Å²) in [4.78, 5) is 3.99. The minimum Gasteiger partial charge on any atom is -0.383 e. The molecule has 1 heterocycles. The largest absolute Gasteiger partial charge is 0.435 e. The van der Waals surface area contributed by atoms with E-state index >= 15 is 0 Å². The lowest BCUT2D eigenvalue weighted by Crippen LogP contribution is -2.18. The summed E-state index contributed by atoms with van der Waals surface area (Å²) in [5.74, 6) is -0.512. The van der Waals surface area contributed by atoms with Gasteiger partial charge in [0.25, 0.3) is 0 Å². The number of hydrogen-bond donors (Lipinski definition) is 1. The number of aromatic nitrogens is 2. The van der Waals surface area contributed by atoms with Crippen molar-refractivity contribution in [1.29, 1.82) is 0 Å². The summed E-state index contributed by atoms with van der Waals surface area (Å²) >= 11 is 0. The Labute approximate surface area is 161 Å². The van der Waals surface area contributed by atoms with Crippen molar-refractivity contribution in [2.75, 3.05) is 0 Å². The van der Waals surface area contributed by atoms with E-state index in [4.69, 9.17) is 5.73 Å². The van der Waals surface area contributed by atoms with Crippen LogP contribution < -0.4 is 5.73 Å². The molecule has 0 aliphatic carbocycles. The zero-order chi connectivity index (χ0) is 21.4. The van der Waals surface area contributed by atoms with Gasteiger partial charge in [-0.3, -0.25) is 4.68 Å². The van der Waals surface area contributed by atoms with Gasteiger partial charge in [-0.2, -0.15) is 31.4 Å². The molecule has 0 radical (unpaired) electrons. The fraction of sp³-hybridized carbons (Fsp3) is 0.158. The molecule has 2 aromatic carbocycles. The van der Waals surface area contributed by atoms with Crippen molar-refractivity contribution in [2.24, 2.45) is 17.8 Å². The van der Waals surface area contributed by atoms with Crippen molar-refractivity contribution in [3.05, 3.63) is 71.5 Å². The van der Waals surface area contributed by atoms with Gasteiger partial charge in [-0.1, -0.05) is 36.4 Å². The number of rotatable bonds is 3.